The molecule has 1 saturated carbocycles. The molecule has 0 spiro atoms. The number of amides is 3. The summed E-state index contributed by atoms with van der Waals surface area (Å²) in [4.78, 5) is 29.4. The van der Waals surface area contributed by atoms with Crippen molar-refractivity contribution in [2.45, 2.75) is 36.0 Å². The van der Waals surface area contributed by atoms with Crippen LogP contribution in [0.4, 0.5) is 21.9 Å². The lowest BCUT2D eigenvalue weighted by Gasteiger charge is -2.13. The molecule has 0 aliphatic heterocycles. The van der Waals surface area contributed by atoms with Gasteiger partial charge in [-0.05, 0) is 61.4 Å². The van der Waals surface area contributed by atoms with Crippen LogP contribution in [-0.4, -0.2) is 22.2 Å². The van der Waals surface area contributed by atoms with E-state index in [0.717, 1.165) is 5.03 Å². The fourth-order valence-electron chi connectivity index (χ4n) is 3.47. The molecule has 6 nitrogen and oxygen atoms in total. The van der Waals surface area contributed by atoms with E-state index in [2.05, 4.69) is 20.9 Å². The number of aromatic nitrogens is 1. The molecule has 3 N–H and O–H groups in total. The zero-order chi connectivity index (χ0) is 21.5. The third-order valence-electron chi connectivity index (χ3n) is 5.03. The first-order valence-corrected chi connectivity index (χ1v) is 11.2. The van der Waals surface area contributed by atoms with Gasteiger partial charge < -0.3 is 16.0 Å². The smallest absolute Gasteiger partial charge is 0.322 e. The standard InChI is InChI=1S/C24H24N4O2S/c29-22(21-11-6-16-25-23(21)31-20-9-4-5-10-20)26-18-12-14-19(15-13-18)28-24(30)27-17-7-2-1-3-8-17/h1-3,6-8,11-16,20H,4-5,9-10H2,(H,26,29)(H2,27,28,30). The molecule has 0 bridgehead atoms. The van der Waals surface area contributed by atoms with E-state index in [1.807, 2.05) is 36.4 Å². The Kier molecular flexibility index (Phi) is 6.84. The normalized spacial score (nSPS) is 13.5. The predicted molar refractivity (Wildman–Crippen MR) is 126 cm³/mol. The molecule has 3 amide bonds. The molecule has 1 aliphatic carbocycles. The van der Waals surface area contributed by atoms with Crippen LogP contribution in [0, 0.1) is 0 Å². The van der Waals surface area contributed by atoms with Crippen LogP contribution in [0.3, 0.4) is 0 Å². The average Bonchev–Trinajstić information content (AvgIpc) is 3.29. The van der Waals surface area contributed by atoms with Gasteiger partial charge in [0.25, 0.3) is 5.91 Å². The first-order chi connectivity index (χ1) is 15.2. The Morgan fingerprint density at radius 2 is 1.39 bits per heavy atom. The van der Waals surface area contributed by atoms with E-state index < -0.39 is 0 Å². The third kappa shape index (κ3) is 5.86. The lowest BCUT2D eigenvalue weighted by molar-refractivity contribution is 0.102. The second kappa shape index (κ2) is 10.1. The van der Waals surface area contributed by atoms with E-state index in [1.54, 1.807) is 48.3 Å². The van der Waals surface area contributed by atoms with Gasteiger partial charge >= 0.3 is 6.03 Å². The SMILES string of the molecule is O=C(Nc1ccccc1)Nc1ccc(NC(=O)c2cccnc2SC2CCCC2)cc1. The molecule has 4 rings (SSSR count). The Bertz CT molecular complexity index is 1030. The molecule has 3 aromatic rings. The van der Waals surface area contributed by atoms with Gasteiger partial charge in [-0.15, -0.1) is 11.8 Å². The Hall–Kier alpha value is -3.32. The third-order valence-corrected chi connectivity index (χ3v) is 6.38. The second-order valence-corrected chi connectivity index (χ2v) is 8.65. The Labute approximate surface area is 185 Å². The van der Waals surface area contributed by atoms with Crippen LogP contribution in [0.2, 0.25) is 0 Å². The van der Waals surface area contributed by atoms with Gasteiger partial charge in [0.15, 0.2) is 0 Å². The van der Waals surface area contributed by atoms with E-state index in [4.69, 9.17) is 0 Å². The minimum absolute atomic E-state index is 0.184. The highest BCUT2D eigenvalue weighted by Crippen LogP contribution is 2.35. The molecular formula is C24H24N4O2S. The second-order valence-electron chi connectivity index (χ2n) is 7.36. The van der Waals surface area contributed by atoms with Crippen LogP contribution in [0.5, 0.6) is 0 Å². The van der Waals surface area contributed by atoms with Crippen LogP contribution in [0.25, 0.3) is 0 Å². The van der Waals surface area contributed by atoms with Gasteiger partial charge in [-0.2, -0.15) is 0 Å². The first kappa shape index (κ1) is 20.9. The fraction of sp³-hybridized carbons (Fsp3) is 0.208. The van der Waals surface area contributed by atoms with Crippen molar-refractivity contribution in [3.8, 4) is 0 Å². The number of carbonyl (C=O) groups excluding carboxylic acids is 2. The molecule has 158 valence electrons. The van der Waals surface area contributed by atoms with E-state index in [0.29, 0.717) is 27.9 Å². The summed E-state index contributed by atoms with van der Waals surface area (Å²) in [6, 6.07) is 19.5. The van der Waals surface area contributed by atoms with Gasteiger partial charge in [-0.3, -0.25) is 4.79 Å². The maximum Gasteiger partial charge on any atom is 0.323 e. The van der Waals surface area contributed by atoms with Crippen LogP contribution in [0.1, 0.15) is 36.0 Å². The van der Waals surface area contributed by atoms with Crippen molar-refractivity contribution in [1.82, 2.24) is 4.98 Å². The van der Waals surface area contributed by atoms with Gasteiger partial charge in [0, 0.05) is 28.5 Å². The number of nitrogens with zero attached hydrogens (tertiary/aromatic N) is 1. The maximum atomic E-state index is 12.8. The molecule has 1 aliphatic rings. The summed E-state index contributed by atoms with van der Waals surface area (Å²) in [5.41, 5.74) is 2.58. The van der Waals surface area contributed by atoms with Crippen LogP contribution in [0.15, 0.2) is 78.0 Å². The molecule has 0 radical (unpaired) electrons. The summed E-state index contributed by atoms with van der Waals surface area (Å²) in [5.74, 6) is -0.184. The Balaban J connectivity index is 1.35. The Morgan fingerprint density at radius 3 is 2.06 bits per heavy atom. The van der Waals surface area contributed by atoms with Crippen LogP contribution in [-0.2, 0) is 0 Å². The number of hydrogen-bond donors (Lipinski definition) is 3. The predicted octanol–water partition coefficient (Wildman–Crippen LogP) is 6.01. The molecule has 0 atom stereocenters. The number of anilines is 3. The molecule has 1 fully saturated rings. The zero-order valence-corrected chi connectivity index (χ0v) is 17.8. The summed E-state index contributed by atoms with van der Waals surface area (Å²) < 4.78 is 0. The number of thioether (sulfide) groups is 1. The zero-order valence-electron chi connectivity index (χ0n) is 17.0. The number of pyridine rings is 1. The van der Waals surface area contributed by atoms with Crippen molar-refractivity contribution in [3.63, 3.8) is 0 Å². The monoisotopic (exact) mass is 432 g/mol. The van der Waals surface area contributed by atoms with E-state index in [-0.39, 0.29) is 11.9 Å². The van der Waals surface area contributed by atoms with Gasteiger partial charge in [-0.25, -0.2) is 9.78 Å². The minimum atomic E-state index is -0.327. The summed E-state index contributed by atoms with van der Waals surface area (Å²) >= 11 is 1.70. The van der Waals surface area contributed by atoms with Crippen molar-refractivity contribution in [2.24, 2.45) is 0 Å². The number of rotatable bonds is 6. The molecule has 1 aromatic heterocycles. The average molecular weight is 433 g/mol. The van der Waals surface area contributed by atoms with Crippen molar-refractivity contribution in [3.05, 3.63) is 78.5 Å². The number of carbonyl (C=O) groups is 2. The number of urea groups is 1. The number of hydrogen-bond acceptors (Lipinski definition) is 4. The maximum absolute atomic E-state index is 12.8. The van der Waals surface area contributed by atoms with Gasteiger partial charge in [-0.1, -0.05) is 31.0 Å². The summed E-state index contributed by atoms with van der Waals surface area (Å²) in [7, 11) is 0. The van der Waals surface area contributed by atoms with Crippen molar-refractivity contribution in [2.75, 3.05) is 16.0 Å². The molecule has 1 heterocycles. The topological polar surface area (TPSA) is 83.1 Å². The van der Waals surface area contributed by atoms with Crippen molar-refractivity contribution in [1.29, 1.82) is 0 Å². The lowest BCUT2D eigenvalue weighted by Crippen LogP contribution is -2.19. The van der Waals surface area contributed by atoms with Crippen LogP contribution >= 0.6 is 11.8 Å². The number of benzene rings is 2. The molecule has 0 unspecified atom stereocenters. The van der Waals surface area contributed by atoms with Crippen LogP contribution < -0.4 is 16.0 Å². The highest BCUT2D eigenvalue weighted by atomic mass is 32.2. The molecule has 7 heteroatoms. The highest BCUT2D eigenvalue weighted by molar-refractivity contribution is 7.99. The fourth-order valence-corrected chi connectivity index (χ4v) is 4.77. The number of para-hydroxylation sites is 1. The quantitative estimate of drug-likeness (QED) is 0.445. The van der Waals surface area contributed by atoms with Crippen molar-refractivity contribution >= 4 is 40.8 Å². The Morgan fingerprint density at radius 1 is 0.774 bits per heavy atom. The van der Waals surface area contributed by atoms with Gasteiger partial charge in [0.1, 0.15) is 5.03 Å². The molecular weight excluding hydrogens is 408 g/mol. The summed E-state index contributed by atoms with van der Waals surface area (Å²) in [5, 5.41) is 9.78. The van der Waals surface area contributed by atoms with Gasteiger partial charge in [0.05, 0.1) is 5.56 Å². The van der Waals surface area contributed by atoms with Gasteiger partial charge in [0.2, 0.25) is 0 Å². The highest BCUT2D eigenvalue weighted by Gasteiger charge is 2.20. The largest absolute Gasteiger partial charge is 0.323 e. The van der Waals surface area contributed by atoms with Crippen molar-refractivity contribution < 1.29 is 9.59 Å². The van der Waals surface area contributed by atoms with E-state index in [1.165, 1.54) is 25.7 Å². The minimum Gasteiger partial charge on any atom is -0.322 e. The lowest BCUT2D eigenvalue weighted by atomic mass is 10.2. The molecule has 31 heavy (non-hydrogen) atoms. The molecule has 2 aromatic carbocycles. The first-order valence-electron chi connectivity index (χ1n) is 10.3. The summed E-state index contributed by atoms with van der Waals surface area (Å²) in [6.07, 6.45) is 6.57. The van der Waals surface area contributed by atoms with E-state index in [9.17, 15) is 9.59 Å². The summed E-state index contributed by atoms with van der Waals surface area (Å²) in [6.45, 7) is 0. The van der Waals surface area contributed by atoms with E-state index >= 15 is 0 Å². The molecule has 0 saturated heterocycles. The number of nitrogens with one attached hydrogen (secondary N) is 3.